The number of tetrazole rings is 1. The van der Waals surface area contributed by atoms with Crippen molar-refractivity contribution in [1.29, 1.82) is 0 Å². The summed E-state index contributed by atoms with van der Waals surface area (Å²) in [5.41, 5.74) is 1.54. The van der Waals surface area contributed by atoms with E-state index in [1.54, 1.807) is 42.5 Å². The lowest BCUT2D eigenvalue weighted by Gasteiger charge is -2.39. The minimum atomic E-state index is -2.98. The summed E-state index contributed by atoms with van der Waals surface area (Å²) in [6, 6.07) is 11.4. The number of rotatable bonds is 9. The van der Waals surface area contributed by atoms with Gasteiger partial charge in [-0.15, -0.1) is 5.10 Å². The first-order chi connectivity index (χ1) is 21.5. The molecule has 1 aliphatic heterocycles. The Morgan fingerprint density at radius 3 is 2.58 bits per heavy atom. The number of nitrogens with zero attached hydrogens (tertiary/aromatic N) is 6. The zero-order chi connectivity index (χ0) is 32.1. The number of aromatic amines is 1. The van der Waals surface area contributed by atoms with Crippen LogP contribution < -0.4 is 16.2 Å². The standard InChI is InChI=1S/C28H24ClF2N9O5/c1-45-27(44)33-19-6-2-16(3-7-19)20-11-22(35-36-26(20)43)21(12-25(42)39-13-28(30,31)14-39)34-24(41)9-4-17-10-18(29)5-8-23(17)40-15-32-37-38-40/h2-11,15,21H,12-14H2,1H3,(H,33,44)(H,34,41)(H,36,43)/t21-/m0/s1. The Balaban J connectivity index is 1.41. The molecule has 45 heavy (non-hydrogen) atoms. The molecule has 1 fully saturated rings. The summed E-state index contributed by atoms with van der Waals surface area (Å²) < 4.78 is 32.9. The fraction of sp³-hybridized carbons (Fsp3) is 0.214. The molecule has 0 unspecified atom stereocenters. The predicted octanol–water partition coefficient (Wildman–Crippen LogP) is 2.98. The number of methoxy groups -OCH3 is 1. The van der Waals surface area contributed by atoms with Gasteiger partial charge in [-0.3, -0.25) is 19.7 Å². The van der Waals surface area contributed by atoms with Gasteiger partial charge in [-0.25, -0.2) is 18.7 Å². The quantitative estimate of drug-likeness (QED) is 0.232. The number of hydrogen-bond acceptors (Lipinski definition) is 9. The van der Waals surface area contributed by atoms with Crippen LogP contribution in [0.2, 0.25) is 5.02 Å². The Morgan fingerprint density at radius 1 is 1.16 bits per heavy atom. The van der Waals surface area contributed by atoms with Crippen molar-refractivity contribution < 1.29 is 27.9 Å². The molecular weight excluding hydrogens is 616 g/mol. The number of halogens is 3. The van der Waals surface area contributed by atoms with Crippen LogP contribution >= 0.6 is 11.6 Å². The van der Waals surface area contributed by atoms with Crippen molar-refractivity contribution in [2.75, 3.05) is 25.5 Å². The van der Waals surface area contributed by atoms with E-state index >= 15 is 0 Å². The second kappa shape index (κ2) is 13.0. The van der Waals surface area contributed by atoms with Gasteiger partial charge in [-0.1, -0.05) is 23.7 Å². The smallest absolute Gasteiger partial charge is 0.411 e. The average Bonchev–Trinajstić information content (AvgIpc) is 3.54. The van der Waals surface area contributed by atoms with Crippen molar-refractivity contribution >= 4 is 41.3 Å². The molecule has 232 valence electrons. The maximum absolute atomic E-state index is 13.5. The third-order valence-corrected chi connectivity index (χ3v) is 6.94. The van der Waals surface area contributed by atoms with Crippen molar-refractivity contribution in [3.05, 3.63) is 87.6 Å². The number of anilines is 1. The van der Waals surface area contributed by atoms with Gasteiger partial charge in [0.05, 0.1) is 49.6 Å². The molecule has 1 aliphatic rings. The van der Waals surface area contributed by atoms with Crippen LogP contribution in [0.15, 0.2) is 65.7 Å². The minimum Gasteiger partial charge on any atom is -0.453 e. The molecule has 3 amide bonds. The number of alkyl halides is 2. The molecule has 17 heteroatoms. The number of amides is 3. The molecule has 0 aliphatic carbocycles. The number of carbonyl (C=O) groups excluding carboxylic acids is 3. The van der Waals surface area contributed by atoms with E-state index in [1.165, 1.54) is 36.3 Å². The number of likely N-dealkylation sites (tertiary alicyclic amines) is 1. The first-order valence-corrected chi connectivity index (χ1v) is 13.6. The van der Waals surface area contributed by atoms with Crippen molar-refractivity contribution in [3.63, 3.8) is 0 Å². The fourth-order valence-electron chi connectivity index (χ4n) is 4.46. The number of aromatic nitrogens is 6. The summed E-state index contributed by atoms with van der Waals surface area (Å²) in [6.07, 6.45) is 2.93. The molecule has 2 aromatic heterocycles. The van der Waals surface area contributed by atoms with E-state index in [2.05, 4.69) is 41.1 Å². The Hall–Kier alpha value is -5.51. The highest BCUT2D eigenvalue weighted by Gasteiger charge is 2.46. The van der Waals surface area contributed by atoms with Crippen molar-refractivity contribution in [3.8, 4) is 16.8 Å². The number of benzene rings is 2. The number of carbonyl (C=O) groups is 3. The van der Waals surface area contributed by atoms with E-state index in [0.717, 1.165) is 4.90 Å². The van der Waals surface area contributed by atoms with E-state index < -0.39 is 54.9 Å². The maximum atomic E-state index is 13.5. The third kappa shape index (κ3) is 7.53. The highest BCUT2D eigenvalue weighted by Crippen LogP contribution is 2.29. The van der Waals surface area contributed by atoms with Gasteiger partial charge < -0.3 is 15.0 Å². The van der Waals surface area contributed by atoms with Gasteiger partial charge in [0.2, 0.25) is 11.8 Å². The maximum Gasteiger partial charge on any atom is 0.411 e. The van der Waals surface area contributed by atoms with Crippen LogP contribution in [0.1, 0.15) is 23.7 Å². The molecule has 0 radical (unpaired) electrons. The molecule has 0 bridgehead atoms. The van der Waals surface area contributed by atoms with Crippen LogP contribution in [-0.2, 0) is 14.3 Å². The van der Waals surface area contributed by atoms with Gasteiger partial charge in [0, 0.05) is 22.3 Å². The molecule has 0 saturated carbocycles. The van der Waals surface area contributed by atoms with Gasteiger partial charge in [0.15, 0.2) is 0 Å². The monoisotopic (exact) mass is 639 g/mol. The van der Waals surface area contributed by atoms with Crippen LogP contribution in [0.4, 0.5) is 19.3 Å². The van der Waals surface area contributed by atoms with Crippen LogP contribution in [0.3, 0.4) is 0 Å². The highest BCUT2D eigenvalue weighted by atomic mass is 35.5. The second-order valence-corrected chi connectivity index (χ2v) is 10.3. The molecule has 14 nitrogen and oxygen atoms in total. The Morgan fingerprint density at radius 2 is 1.91 bits per heavy atom. The summed E-state index contributed by atoms with van der Waals surface area (Å²) in [6.45, 7) is -1.48. The zero-order valence-corrected chi connectivity index (χ0v) is 24.2. The minimum absolute atomic E-state index is 0.0980. The fourth-order valence-corrected chi connectivity index (χ4v) is 4.64. The lowest BCUT2D eigenvalue weighted by Crippen LogP contribution is -2.58. The number of ether oxygens (including phenoxy) is 1. The van der Waals surface area contributed by atoms with E-state index in [9.17, 15) is 28.0 Å². The summed E-state index contributed by atoms with van der Waals surface area (Å²) in [7, 11) is 1.22. The molecule has 5 rings (SSSR count). The van der Waals surface area contributed by atoms with Gasteiger partial charge >= 0.3 is 6.09 Å². The van der Waals surface area contributed by atoms with E-state index in [0.29, 0.717) is 27.5 Å². The first kappa shape index (κ1) is 30.9. The van der Waals surface area contributed by atoms with Crippen LogP contribution in [0, 0.1) is 0 Å². The molecule has 3 N–H and O–H groups in total. The third-order valence-electron chi connectivity index (χ3n) is 6.70. The summed E-state index contributed by atoms with van der Waals surface area (Å²) in [4.78, 5) is 51.2. The Kier molecular flexibility index (Phi) is 8.94. The molecule has 3 heterocycles. The van der Waals surface area contributed by atoms with Crippen molar-refractivity contribution in [1.82, 2.24) is 40.6 Å². The summed E-state index contributed by atoms with van der Waals surface area (Å²) in [5, 5.41) is 23.0. The largest absolute Gasteiger partial charge is 0.453 e. The zero-order valence-electron chi connectivity index (χ0n) is 23.4. The van der Waals surface area contributed by atoms with Crippen LogP contribution in [0.5, 0.6) is 0 Å². The topological polar surface area (TPSA) is 177 Å². The van der Waals surface area contributed by atoms with E-state index in [4.69, 9.17) is 11.6 Å². The van der Waals surface area contributed by atoms with Gasteiger partial charge in [0.25, 0.3) is 11.5 Å². The molecule has 1 atom stereocenters. The Bertz CT molecular complexity index is 1810. The number of nitrogens with one attached hydrogen (secondary N) is 3. The summed E-state index contributed by atoms with van der Waals surface area (Å²) >= 11 is 6.15. The second-order valence-electron chi connectivity index (χ2n) is 9.89. The SMILES string of the molecule is COC(=O)Nc1ccc(-c2cc([C@H](CC(=O)N3CC(F)(F)C3)NC(=O)C=Cc3cc(Cl)ccc3-n3cnnn3)n[nH]c2=O)cc1. The lowest BCUT2D eigenvalue weighted by molar-refractivity contribution is -0.166. The van der Waals surface area contributed by atoms with Crippen molar-refractivity contribution in [2.24, 2.45) is 0 Å². The van der Waals surface area contributed by atoms with Gasteiger partial charge in [-0.2, -0.15) is 9.78 Å². The average molecular weight is 640 g/mol. The van der Waals surface area contributed by atoms with Gasteiger partial charge in [0.1, 0.15) is 6.33 Å². The van der Waals surface area contributed by atoms with Crippen LogP contribution in [-0.4, -0.2) is 79.3 Å². The molecule has 1 saturated heterocycles. The highest BCUT2D eigenvalue weighted by molar-refractivity contribution is 6.30. The number of H-pyrrole nitrogens is 1. The van der Waals surface area contributed by atoms with Crippen LogP contribution in [0.25, 0.3) is 22.9 Å². The van der Waals surface area contributed by atoms with E-state index in [-0.39, 0.29) is 11.3 Å². The normalized spacial score (nSPS) is 14.4. The molecular formula is C28H24ClF2N9O5. The lowest BCUT2D eigenvalue weighted by atomic mass is 10.0. The first-order valence-electron chi connectivity index (χ1n) is 13.2. The van der Waals surface area contributed by atoms with Gasteiger partial charge in [-0.05, 0) is 58.5 Å². The van der Waals surface area contributed by atoms with E-state index in [1.807, 2.05) is 0 Å². The summed E-state index contributed by atoms with van der Waals surface area (Å²) in [5.74, 6) is -4.28. The Labute approximate surface area is 258 Å². The molecule has 0 spiro atoms. The number of hydrogen-bond donors (Lipinski definition) is 3. The molecule has 2 aromatic carbocycles. The molecule has 4 aromatic rings. The predicted molar refractivity (Wildman–Crippen MR) is 157 cm³/mol. The van der Waals surface area contributed by atoms with Crippen molar-refractivity contribution in [2.45, 2.75) is 18.4 Å².